The van der Waals surface area contributed by atoms with Gasteiger partial charge in [-0.15, -0.1) is 0 Å². The first-order valence-electron chi connectivity index (χ1n) is 5.53. The molecule has 0 aromatic rings. The third-order valence-corrected chi connectivity index (χ3v) is 3.06. The first-order chi connectivity index (χ1) is 7.99. The van der Waals surface area contributed by atoms with Crippen molar-refractivity contribution in [2.75, 3.05) is 6.54 Å². The molecular formula is C11H15NO5. The van der Waals surface area contributed by atoms with Crippen molar-refractivity contribution < 1.29 is 24.3 Å². The zero-order valence-corrected chi connectivity index (χ0v) is 9.35. The Bertz CT molecular complexity index is 337. The number of aliphatic carboxylic acids is 1. The van der Waals surface area contributed by atoms with Gasteiger partial charge in [-0.3, -0.25) is 19.2 Å². The van der Waals surface area contributed by atoms with Gasteiger partial charge in [0.1, 0.15) is 0 Å². The summed E-state index contributed by atoms with van der Waals surface area (Å²) >= 11 is 0. The van der Waals surface area contributed by atoms with Gasteiger partial charge in [-0.1, -0.05) is 12.8 Å². The Morgan fingerprint density at radius 2 is 1.47 bits per heavy atom. The first kappa shape index (κ1) is 13.5. The molecule has 6 heteroatoms. The normalized spacial score (nSPS) is 27.2. The number of carbonyl (C=O) groups is 4. The van der Waals surface area contributed by atoms with Crippen LogP contribution < -0.4 is 5.73 Å². The monoisotopic (exact) mass is 241 g/mol. The molecule has 2 rings (SSSR count). The van der Waals surface area contributed by atoms with Crippen molar-refractivity contribution in [3.63, 3.8) is 0 Å². The second-order valence-corrected chi connectivity index (χ2v) is 4.15. The minimum atomic E-state index is -0.968. The summed E-state index contributed by atoms with van der Waals surface area (Å²) in [5.74, 6) is -3.07. The quantitative estimate of drug-likeness (QED) is 0.600. The first-order valence-corrected chi connectivity index (χ1v) is 5.53. The SMILES string of the molecule is NCC(=O)O.O=C1C(=O)C2CCCCC2C1=O. The van der Waals surface area contributed by atoms with E-state index < -0.39 is 23.3 Å². The third kappa shape index (κ3) is 2.97. The summed E-state index contributed by atoms with van der Waals surface area (Å²) in [5.41, 5.74) is 4.57. The minimum absolute atomic E-state index is 0.251. The molecule has 3 N–H and O–H groups in total. The number of nitrogens with two attached hydrogens (primary N) is 1. The second kappa shape index (κ2) is 5.67. The molecule has 2 saturated carbocycles. The molecule has 0 radical (unpaired) electrons. The average Bonchev–Trinajstić information content (AvgIpc) is 2.56. The molecule has 0 aromatic carbocycles. The predicted octanol–water partition coefficient (Wildman–Crippen LogP) is -0.457. The van der Waals surface area contributed by atoms with Crippen LogP contribution in [0, 0.1) is 11.8 Å². The lowest BCUT2D eigenvalue weighted by Gasteiger charge is -2.20. The smallest absolute Gasteiger partial charge is 0.317 e. The number of fused-ring (bicyclic) bond motifs is 1. The molecule has 2 atom stereocenters. The molecule has 0 spiro atoms. The van der Waals surface area contributed by atoms with Crippen molar-refractivity contribution in [3.8, 4) is 0 Å². The largest absolute Gasteiger partial charge is 0.480 e. The van der Waals surface area contributed by atoms with E-state index in [1.807, 2.05) is 0 Å². The van der Waals surface area contributed by atoms with Crippen LogP contribution in [0.4, 0.5) is 0 Å². The fourth-order valence-electron chi connectivity index (χ4n) is 2.22. The molecule has 17 heavy (non-hydrogen) atoms. The molecule has 0 saturated heterocycles. The van der Waals surface area contributed by atoms with E-state index in [-0.39, 0.29) is 18.4 Å². The number of Topliss-reactive ketones (excluding diaryl/α,β-unsaturated/α-hetero) is 3. The summed E-state index contributed by atoms with van der Waals surface area (Å²) < 4.78 is 0. The Labute approximate surface area is 98.2 Å². The maximum atomic E-state index is 11.2. The summed E-state index contributed by atoms with van der Waals surface area (Å²) in [7, 11) is 0. The Balaban J connectivity index is 0.000000249. The number of carboxylic acid groups (broad SMARTS) is 1. The molecule has 6 nitrogen and oxygen atoms in total. The average molecular weight is 241 g/mol. The lowest BCUT2D eigenvalue weighted by atomic mass is 9.81. The molecule has 0 amide bonds. The summed E-state index contributed by atoms with van der Waals surface area (Å²) in [6.45, 7) is -0.278. The highest BCUT2D eigenvalue weighted by molar-refractivity contribution is 6.68. The van der Waals surface area contributed by atoms with Gasteiger partial charge >= 0.3 is 5.97 Å². The molecule has 2 fully saturated rings. The van der Waals surface area contributed by atoms with Crippen molar-refractivity contribution in [1.82, 2.24) is 0 Å². The van der Waals surface area contributed by atoms with E-state index in [0.29, 0.717) is 0 Å². The van der Waals surface area contributed by atoms with Crippen LogP contribution >= 0.6 is 0 Å². The van der Waals surface area contributed by atoms with Crippen LogP contribution in [0.25, 0.3) is 0 Å². The van der Waals surface area contributed by atoms with Gasteiger partial charge < -0.3 is 10.8 Å². The highest BCUT2D eigenvalue weighted by Crippen LogP contribution is 2.36. The Morgan fingerprint density at radius 3 is 1.76 bits per heavy atom. The molecule has 0 aromatic heterocycles. The van der Waals surface area contributed by atoms with E-state index in [2.05, 4.69) is 5.73 Å². The maximum absolute atomic E-state index is 11.2. The molecule has 2 aliphatic rings. The number of carbonyl (C=O) groups excluding carboxylic acids is 3. The van der Waals surface area contributed by atoms with Crippen molar-refractivity contribution in [2.45, 2.75) is 25.7 Å². The molecule has 2 unspecified atom stereocenters. The third-order valence-electron chi connectivity index (χ3n) is 3.06. The van der Waals surface area contributed by atoms with E-state index in [4.69, 9.17) is 5.11 Å². The molecular weight excluding hydrogens is 226 g/mol. The number of rotatable bonds is 1. The number of hydrogen-bond acceptors (Lipinski definition) is 5. The van der Waals surface area contributed by atoms with Crippen LogP contribution in [-0.2, 0) is 19.2 Å². The highest BCUT2D eigenvalue weighted by atomic mass is 16.4. The summed E-state index contributed by atoms with van der Waals surface area (Å²) in [6.07, 6.45) is 3.43. The number of ketones is 3. The van der Waals surface area contributed by atoms with Crippen molar-refractivity contribution in [2.24, 2.45) is 17.6 Å². The zero-order valence-electron chi connectivity index (χ0n) is 9.35. The predicted molar refractivity (Wildman–Crippen MR) is 57.2 cm³/mol. The lowest BCUT2D eigenvalue weighted by Crippen LogP contribution is -2.21. The number of carboxylic acids is 1. The maximum Gasteiger partial charge on any atom is 0.317 e. The van der Waals surface area contributed by atoms with Crippen molar-refractivity contribution >= 4 is 23.3 Å². The van der Waals surface area contributed by atoms with Crippen LogP contribution in [0.5, 0.6) is 0 Å². The molecule has 0 aliphatic heterocycles. The van der Waals surface area contributed by atoms with E-state index in [1.165, 1.54) is 0 Å². The van der Waals surface area contributed by atoms with Gasteiger partial charge in [0, 0.05) is 11.8 Å². The highest BCUT2D eigenvalue weighted by Gasteiger charge is 2.48. The van der Waals surface area contributed by atoms with E-state index in [9.17, 15) is 19.2 Å². The van der Waals surface area contributed by atoms with Crippen LogP contribution in [-0.4, -0.2) is 35.0 Å². The lowest BCUT2D eigenvalue weighted by molar-refractivity contribution is -0.141. The van der Waals surface area contributed by atoms with Crippen LogP contribution in [0.3, 0.4) is 0 Å². The van der Waals surface area contributed by atoms with Gasteiger partial charge in [-0.2, -0.15) is 0 Å². The van der Waals surface area contributed by atoms with Gasteiger partial charge in [-0.25, -0.2) is 0 Å². The summed E-state index contributed by atoms with van der Waals surface area (Å²) in [6, 6.07) is 0. The molecule has 94 valence electrons. The van der Waals surface area contributed by atoms with Crippen LogP contribution in [0.15, 0.2) is 0 Å². The van der Waals surface area contributed by atoms with Gasteiger partial charge in [-0.05, 0) is 12.8 Å². The van der Waals surface area contributed by atoms with Crippen LogP contribution in [0.2, 0.25) is 0 Å². The van der Waals surface area contributed by atoms with E-state index in [1.54, 1.807) is 0 Å². The fraction of sp³-hybridized carbons (Fsp3) is 0.636. The topological polar surface area (TPSA) is 115 Å². The fourth-order valence-corrected chi connectivity index (χ4v) is 2.22. The second-order valence-electron chi connectivity index (χ2n) is 4.15. The van der Waals surface area contributed by atoms with Crippen LogP contribution in [0.1, 0.15) is 25.7 Å². The van der Waals surface area contributed by atoms with Crippen molar-refractivity contribution in [1.29, 1.82) is 0 Å². The van der Waals surface area contributed by atoms with Gasteiger partial charge in [0.05, 0.1) is 6.54 Å². The van der Waals surface area contributed by atoms with Crippen molar-refractivity contribution in [3.05, 3.63) is 0 Å². The number of hydrogen-bond donors (Lipinski definition) is 2. The van der Waals surface area contributed by atoms with Gasteiger partial charge in [0.2, 0.25) is 11.6 Å². The zero-order chi connectivity index (χ0) is 13.0. The van der Waals surface area contributed by atoms with E-state index >= 15 is 0 Å². The van der Waals surface area contributed by atoms with Gasteiger partial charge in [0.15, 0.2) is 0 Å². The Hall–Kier alpha value is -1.56. The van der Waals surface area contributed by atoms with Gasteiger partial charge in [0.25, 0.3) is 5.78 Å². The molecule has 2 aliphatic carbocycles. The van der Waals surface area contributed by atoms with E-state index in [0.717, 1.165) is 25.7 Å². The Morgan fingerprint density at radius 1 is 1.12 bits per heavy atom. The molecule has 0 heterocycles. The minimum Gasteiger partial charge on any atom is -0.480 e. The molecule has 0 bridgehead atoms. The Kier molecular flexibility index (Phi) is 4.51. The standard InChI is InChI=1S/C9H10O3.C2H5NO2/c10-7-5-3-1-2-4-6(5)8(11)9(7)12;3-1-2(4)5/h5-6H,1-4H2;1,3H2,(H,4,5). The summed E-state index contributed by atoms with van der Waals surface area (Å²) in [4.78, 5) is 42.6. The summed E-state index contributed by atoms with van der Waals surface area (Å²) in [5, 5.41) is 7.60.